The van der Waals surface area contributed by atoms with Crippen LogP contribution in [0.5, 0.6) is 0 Å². The standard InChI is InChI=1S/C14H23N3O/c1-11(2)17(5)14(18)10-15-12-7-6-8-13(9-12)16(3)4/h6-9,11,15H,10H2,1-5H3. The van der Waals surface area contributed by atoms with Crippen LogP contribution in [0.3, 0.4) is 0 Å². The van der Waals surface area contributed by atoms with Crippen LogP contribution in [0.1, 0.15) is 13.8 Å². The topological polar surface area (TPSA) is 35.6 Å². The molecule has 0 aliphatic carbocycles. The van der Waals surface area contributed by atoms with Gasteiger partial charge in [-0.1, -0.05) is 6.07 Å². The lowest BCUT2D eigenvalue weighted by atomic mass is 10.2. The number of hydrogen-bond donors (Lipinski definition) is 1. The Morgan fingerprint density at radius 2 is 1.94 bits per heavy atom. The van der Waals surface area contributed by atoms with E-state index in [-0.39, 0.29) is 11.9 Å². The molecule has 0 fully saturated rings. The molecule has 0 aromatic heterocycles. The van der Waals surface area contributed by atoms with E-state index in [9.17, 15) is 4.79 Å². The summed E-state index contributed by atoms with van der Waals surface area (Å²) in [6, 6.07) is 8.24. The van der Waals surface area contributed by atoms with Crippen molar-refractivity contribution in [3.05, 3.63) is 24.3 Å². The number of nitrogens with zero attached hydrogens (tertiary/aromatic N) is 2. The maximum absolute atomic E-state index is 11.8. The quantitative estimate of drug-likeness (QED) is 0.867. The minimum absolute atomic E-state index is 0.0975. The third-order valence-corrected chi connectivity index (χ3v) is 2.97. The smallest absolute Gasteiger partial charge is 0.241 e. The monoisotopic (exact) mass is 249 g/mol. The summed E-state index contributed by atoms with van der Waals surface area (Å²) in [7, 11) is 5.82. The van der Waals surface area contributed by atoms with E-state index in [0.29, 0.717) is 6.54 Å². The fourth-order valence-corrected chi connectivity index (χ4v) is 1.48. The third-order valence-electron chi connectivity index (χ3n) is 2.97. The second-order valence-corrected chi connectivity index (χ2v) is 4.90. The zero-order valence-electron chi connectivity index (χ0n) is 11.9. The normalized spacial score (nSPS) is 10.3. The molecule has 4 heteroatoms. The SMILES string of the molecule is CC(C)N(C)C(=O)CNc1cccc(N(C)C)c1. The number of hydrogen-bond acceptors (Lipinski definition) is 3. The molecule has 1 aromatic rings. The molecular weight excluding hydrogens is 226 g/mol. The molecule has 0 saturated heterocycles. The van der Waals surface area contributed by atoms with Gasteiger partial charge < -0.3 is 15.1 Å². The van der Waals surface area contributed by atoms with Crippen molar-refractivity contribution in [3.63, 3.8) is 0 Å². The molecule has 0 bridgehead atoms. The van der Waals surface area contributed by atoms with Crippen LogP contribution in [0.4, 0.5) is 11.4 Å². The first-order chi connectivity index (χ1) is 8.41. The van der Waals surface area contributed by atoms with Gasteiger partial charge in [0.2, 0.25) is 5.91 Å². The van der Waals surface area contributed by atoms with Gasteiger partial charge in [-0.15, -0.1) is 0 Å². The van der Waals surface area contributed by atoms with Crippen LogP contribution in [0.15, 0.2) is 24.3 Å². The van der Waals surface area contributed by atoms with Crippen LogP contribution in [-0.4, -0.2) is 44.5 Å². The highest BCUT2D eigenvalue weighted by Crippen LogP contribution is 2.16. The molecule has 0 aliphatic rings. The van der Waals surface area contributed by atoms with Gasteiger partial charge in [-0.3, -0.25) is 4.79 Å². The van der Waals surface area contributed by atoms with E-state index in [1.807, 2.05) is 64.2 Å². The van der Waals surface area contributed by atoms with Gasteiger partial charge in [0.05, 0.1) is 6.54 Å². The van der Waals surface area contributed by atoms with Crippen molar-refractivity contribution in [3.8, 4) is 0 Å². The number of carbonyl (C=O) groups excluding carboxylic acids is 1. The maximum Gasteiger partial charge on any atom is 0.241 e. The van der Waals surface area contributed by atoms with Crippen molar-refractivity contribution in [2.24, 2.45) is 0 Å². The Hall–Kier alpha value is -1.71. The summed E-state index contributed by atoms with van der Waals surface area (Å²) in [6.45, 7) is 4.33. The van der Waals surface area contributed by atoms with Crippen molar-refractivity contribution >= 4 is 17.3 Å². The van der Waals surface area contributed by atoms with Gasteiger partial charge in [0.25, 0.3) is 0 Å². The highest BCUT2D eigenvalue weighted by molar-refractivity contribution is 5.81. The largest absolute Gasteiger partial charge is 0.378 e. The lowest BCUT2D eigenvalue weighted by Crippen LogP contribution is -2.37. The van der Waals surface area contributed by atoms with Crippen LogP contribution >= 0.6 is 0 Å². The van der Waals surface area contributed by atoms with Crippen LogP contribution in [0.25, 0.3) is 0 Å². The Balaban J connectivity index is 2.58. The van der Waals surface area contributed by atoms with E-state index in [1.54, 1.807) is 4.90 Å². The van der Waals surface area contributed by atoms with Gasteiger partial charge in [-0.2, -0.15) is 0 Å². The number of benzene rings is 1. The molecule has 4 nitrogen and oxygen atoms in total. The van der Waals surface area contributed by atoms with E-state index < -0.39 is 0 Å². The number of likely N-dealkylation sites (N-methyl/N-ethyl adjacent to an activating group) is 1. The molecule has 0 unspecified atom stereocenters. The Morgan fingerprint density at radius 1 is 1.28 bits per heavy atom. The van der Waals surface area contributed by atoms with Crippen LogP contribution in [0, 0.1) is 0 Å². The van der Waals surface area contributed by atoms with Gasteiger partial charge in [0.15, 0.2) is 0 Å². The second-order valence-electron chi connectivity index (χ2n) is 4.90. The average molecular weight is 249 g/mol. The summed E-state index contributed by atoms with van der Waals surface area (Å²) in [5.74, 6) is 0.0975. The summed E-state index contributed by atoms with van der Waals surface area (Å²) >= 11 is 0. The Labute approximate surface area is 110 Å². The summed E-state index contributed by atoms with van der Waals surface area (Å²) in [4.78, 5) is 15.6. The molecule has 0 saturated carbocycles. The molecule has 0 heterocycles. The molecule has 18 heavy (non-hydrogen) atoms. The van der Waals surface area contributed by atoms with Crippen molar-refractivity contribution in [2.45, 2.75) is 19.9 Å². The van der Waals surface area contributed by atoms with Crippen LogP contribution in [-0.2, 0) is 4.79 Å². The molecule has 0 aliphatic heterocycles. The van der Waals surface area contributed by atoms with Crippen molar-refractivity contribution in [1.82, 2.24) is 4.90 Å². The number of rotatable bonds is 5. The molecular formula is C14H23N3O. The number of nitrogens with one attached hydrogen (secondary N) is 1. The predicted octanol–water partition coefficient (Wildman–Crippen LogP) is 2.03. The summed E-state index contributed by atoms with van der Waals surface area (Å²) < 4.78 is 0. The van der Waals surface area contributed by atoms with Crippen molar-refractivity contribution in [1.29, 1.82) is 0 Å². The summed E-state index contributed by atoms with van der Waals surface area (Å²) in [6.07, 6.45) is 0. The zero-order chi connectivity index (χ0) is 13.7. The lowest BCUT2D eigenvalue weighted by Gasteiger charge is -2.22. The first kappa shape index (κ1) is 14.4. The Bertz CT molecular complexity index is 402. The van der Waals surface area contributed by atoms with Crippen molar-refractivity contribution < 1.29 is 4.79 Å². The zero-order valence-corrected chi connectivity index (χ0v) is 11.9. The molecule has 1 rings (SSSR count). The van der Waals surface area contributed by atoms with Gasteiger partial charge >= 0.3 is 0 Å². The fraction of sp³-hybridized carbons (Fsp3) is 0.500. The van der Waals surface area contributed by atoms with Crippen LogP contribution < -0.4 is 10.2 Å². The lowest BCUT2D eigenvalue weighted by molar-refractivity contribution is -0.129. The molecule has 1 N–H and O–H groups in total. The second kappa shape index (κ2) is 6.28. The van der Waals surface area contributed by atoms with Gasteiger partial charge in [-0.05, 0) is 32.0 Å². The van der Waals surface area contributed by atoms with E-state index in [4.69, 9.17) is 0 Å². The minimum Gasteiger partial charge on any atom is -0.378 e. The fourth-order valence-electron chi connectivity index (χ4n) is 1.48. The maximum atomic E-state index is 11.8. The predicted molar refractivity (Wildman–Crippen MR) is 77.2 cm³/mol. The molecule has 1 aromatic carbocycles. The number of amides is 1. The highest BCUT2D eigenvalue weighted by atomic mass is 16.2. The van der Waals surface area contributed by atoms with Gasteiger partial charge in [0, 0.05) is 38.6 Å². The summed E-state index contributed by atoms with van der Waals surface area (Å²) in [5.41, 5.74) is 2.08. The molecule has 1 amide bonds. The van der Waals surface area contributed by atoms with E-state index >= 15 is 0 Å². The van der Waals surface area contributed by atoms with Crippen LogP contribution in [0.2, 0.25) is 0 Å². The molecule has 0 radical (unpaired) electrons. The first-order valence-electron chi connectivity index (χ1n) is 6.18. The van der Waals surface area contributed by atoms with Crippen molar-refractivity contribution in [2.75, 3.05) is 37.9 Å². The van der Waals surface area contributed by atoms with E-state index in [1.165, 1.54) is 0 Å². The van der Waals surface area contributed by atoms with E-state index in [2.05, 4.69) is 5.32 Å². The Morgan fingerprint density at radius 3 is 2.50 bits per heavy atom. The molecule has 0 atom stereocenters. The molecule has 100 valence electrons. The third kappa shape index (κ3) is 3.95. The number of carbonyl (C=O) groups is 1. The number of anilines is 2. The minimum atomic E-state index is 0.0975. The summed E-state index contributed by atoms with van der Waals surface area (Å²) in [5, 5.41) is 3.16. The van der Waals surface area contributed by atoms with Gasteiger partial charge in [0.1, 0.15) is 0 Å². The van der Waals surface area contributed by atoms with Gasteiger partial charge in [-0.25, -0.2) is 0 Å². The highest BCUT2D eigenvalue weighted by Gasteiger charge is 2.11. The molecule has 0 spiro atoms. The average Bonchev–Trinajstić information content (AvgIpc) is 2.35. The first-order valence-corrected chi connectivity index (χ1v) is 6.18. The van der Waals surface area contributed by atoms with E-state index in [0.717, 1.165) is 11.4 Å². The Kier molecular flexibility index (Phi) is 5.01.